The van der Waals surface area contributed by atoms with Crippen LogP contribution in [-0.4, -0.2) is 19.6 Å². The summed E-state index contributed by atoms with van der Waals surface area (Å²) in [5.74, 6) is 0.900. The molecule has 2 aromatic carbocycles. The van der Waals surface area contributed by atoms with Gasteiger partial charge < -0.3 is 0 Å². The van der Waals surface area contributed by atoms with E-state index in [9.17, 15) is 5.11 Å². The predicted octanol–water partition coefficient (Wildman–Crippen LogP) is 2.97. The summed E-state index contributed by atoms with van der Waals surface area (Å²) in [5.41, 5.74) is 1.17. The molecule has 0 radical (unpaired) electrons. The SMILES string of the molecule is OCc1cc2ccc(OCc3ccccc3)cc2[se]1. The Bertz CT molecular complexity index is 674. The van der Waals surface area contributed by atoms with E-state index in [1.807, 2.05) is 24.3 Å². The predicted molar refractivity (Wildman–Crippen MR) is 77.6 cm³/mol. The third-order valence-electron chi connectivity index (χ3n) is 2.95. The Morgan fingerprint density at radius 2 is 1.84 bits per heavy atom. The molecule has 1 aromatic heterocycles. The Kier molecular flexibility index (Phi) is 3.69. The summed E-state index contributed by atoms with van der Waals surface area (Å²) in [6, 6.07) is 18.4. The average Bonchev–Trinajstić information content (AvgIpc) is 2.88. The van der Waals surface area contributed by atoms with Crippen LogP contribution in [0.25, 0.3) is 9.65 Å². The molecule has 2 nitrogen and oxygen atoms in total. The van der Waals surface area contributed by atoms with E-state index in [1.165, 1.54) is 15.2 Å². The third kappa shape index (κ3) is 2.90. The van der Waals surface area contributed by atoms with Crippen molar-refractivity contribution < 1.29 is 9.84 Å². The molecule has 0 spiro atoms. The Morgan fingerprint density at radius 3 is 2.63 bits per heavy atom. The first-order valence-corrected chi connectivity index (χ1v) is 7.86. The zero-order valence-electron chi connectivity index (χ0n) is 10.4. The molecule has 19 heavy (non-hydrogen) atoms. The van der Waals surface area contributed by atoms with Crippen molar-refractivity contribution in [2.45, 2.75) is 13.2 Å². The van der Waals surface area contributed by atoms with Crippen molar-refractivity contribution in [1.82, 2.24) is 0 Å². The minimum atomic E-state index is 0.162. The standard InChI is InChI=1S/C16H14O2Se/c17-10-15-8-13-6-7-14(9-16(13)19-15)18-11-12-4-2-1-3-5-12/h1-9,17H,10-11H2. The first kappa shape index (κ1) is 12.5. The van der Waals surface area contributed by atoms with Gasteiger partial charge in [0.15, 0.2) is 0 Å². The van der Waals surface area contributed by atoms with Crippen LogP contribution in [0.15, 0.2) is 54.6 Å². The maximum atomic E-state index is 9.18. The van der Waals surface area contributed by atoms with Crippen molar-refractivity contribution in [1.29, 1.82) is 0 Å². The number of ether oxygens (including phenoxy) is 1. The quantitative estimate of drug-likeness (QED) is 0.750. The van der Waals surface area contributed by atoms with E-state index in [1.54, 1.807) is 0 Å². The molecule has 0 saturated heterocycles. The number of aliphatic hydroxyl groups is 1. The zero-order chi connectivity index (χ0) is 13.1. The van der Waals surface area contributed by atoms with Crippen molar-refractivity contribution >= 4 is 24.1 Å². The van der Waals surface area contributed by atoms with Gasteiger partial charge in [-0.05, 0) is 0 Å². The summed E-state index contributed by atoms with van der Waals surface area (Å²) in [7, 11) is 0. The van der Waals surface area contributed by atoms with Crippen LogP contribution in [0.1, 0.15) is 10.0 Å². The fraction of sp³-hybridized carbons (Fsp3) is 0.125. The van der Waals surface area contributed by atoms with Gasteiger partial charge in [-0.25, -0.2) is 0 Å². The summed E-state index contributed by atoms with van der Waals surface area (Å²) >= 11 is 0.246. The van der Waals surface area contributed by atoms with Crippen LogP contribution in [0.5, 0.6) is 5.75 Å². The first-order valence-electron chi connectivity index (χ1n) is 6.15. The molecule has 0 fully saturated rings. The van der Waals surface area contributed by atoms with E-state index < -0.39 is 0 Å². The third-order valence-corrected chi connectivity index (χ3v) is 5.22. The molecular formula is C16H14O2Se. The van der Waals surface area contributed by atoms with Gasteiger partial charge in [-0.15, -0.1) is 0 Å². The fourth-order valence-electron chi connectivity index (χ4n) is 1.98. The molecule has 96 valence electrons. The van der Waals surface area contributed by atoms with Crippen molar-refractivity contribution in [3.63, 3.8) is 0 Å². The van der Waals surface area contributed by atoms with Crippen molar-refractivity contribution in [2.24, 2.45) is 0 Å². The Balaban J connectivity index is 1.78. The van der Waals surface area contributed by atoms with Gasteiger partial charge in [-0.1, -0.05) is 0 Å². The Hall–Kier alpha value is -1.54. The van der Waals surface area contributed by atoms with Gasteiger partial charge in [-0.3, -0.25) is 0 Å². The average molecular weight is 317 g/mol. The molecule has 0 atom stereocenters. The second kappa shape index (κ2) is 5.62. The van der Waals surface area contributed by atoms with Gasteiger partial charge in [0.25, 0.3) is 0 Å². The number of fused-ring (bicyclic) bond motifs is 1. The van der Waals surface area contributed by atoms with Crippen LogP contribution in [0.2, 0.25) is 0 Å². The molecule has 3 aromatic rings. The first-order chi connectivity index (χ1) is 9.35. The monoisotopic (exact) mass is 318 g/mol. The van der Waals surface area contributed by atoms with E-state index in [-0.39, 0.29) is 21.1 Å². The fourth-order valence-corrected chi connectivity index (χ4v) is 3.97. The van der Waals surface area contributed by atoms with Gasteiger partial charge in [0.1, 0.15) is 0 Å². The molecule has 0 saturated carbocycles. The van der Waals surface area contributed by atoms with E-state index in [4.69, 9.17) is 4.74 Å². The molecule has 1 N–H and O–H groups in total. The summed E-state index contributed by atoms with van der Waals surface area (Å²) in [5, 5.41) is 10.4. The van der Waals surface area contributed by atoms with E-state index in [0.717, 1.165) is 10.2 Å². The number of benzene rings is 2. The van der Waals surface area contributed by atoms with Gasteiger partial charge in [0, 0.05) is 0 Å². The van der Waals surface area contributed by atoms with Crippen LogP contribution in [0.3, 0.4) is 0 Å². The molecule has 0 bridgehead atoms. The van der Waals surface area contributed by atoms with Crippen LogP contribution in [0, 0.1) is 0 Å². The number of hydrogen-bond donors (Lipinski definition) is 1. The van der Waals surface area contributed by atoms with Crippen LogP contribution in [0.4, 0.5) is 0 Å². The summed E-state index contributed by atoms with van der Waals surface area (Å²) in [4.78, 5) is 0. The topological polar surface area (TPSA) is 29.5 Å². The number of rotatable bonds is 4. The van der Waals surface area contributed by atoms with Crippen LogP contribution < -0.4 is 4.74 Å². The number of aliphatic hydroxyl groups excluding tert-OH is 1. The summed E-state index contributed by atoms with van der Waals surface area (Å²) in [6.07, 6.45) is 0. The van der Waals surface area contributed by atoms with Crippen LogP contribution >= 0.6 is 0 Å². The summed E-state index contributed by atoms with van der Waals surface area (Å²) < 4.78 is 8.23. The Labute approximate surface area is 118 Å². The van der Waals surface area contributed by atoms with Crippen molar-refractivity contribution in [3.8, 4) is 5.75 Å². The minimum absolute atomic E-state index is 0.162. The van der Waals surface area contributed by atoms with Gasteiger partial charge in [-0.2, -0.15) is 0 Å². The van der Waals surface area contributed by atoms with Gasteiger partial charge >= 0.3 is 118 Å². The van der Waals surface area contributed by atoms with Crippen molar-refractivity contribution in [3.05, 3.63) is 64.6 Å². The zero-order valence-corrected chi connectivity index (χ0v) is 12.1. The van der Waals surface area contributed by atoms with Crippen molar-refractivity contribution in [2.75, 3.05) is 0 Å². The molecule has 1 heterocycles. The maximum absolute atomic E-state index is 9.18. The Morgan fingerprint density at radius 1 is 1.00 bits per heavy atom. The molecule has 3 heteroatoms. The van der Waals surface area contributed by atoms with E-state index in [2.05, 4.69) is 30.3 Å². The molecule has 0 aliphatic heterocycles. The second-order valence-electron chi connectivity index (χ2n) is 4.34. The molecule has 0 unspecified atom stereocenters. The summed E-state index contributed by atoms with van der Waals surface area (Å²) in [6.45, 7) is 0.752. The van der Waals surface area contributed by atoms with Crippen LogP contribution in [-0.2, 0) is 13.2 Å². The normalized spacial score (nSPS) is 10.8. The molecule has 0 aliphatic rings. The number of hydrogen-bond acceptors (Lipinski definition) is 2. The van der Waals surface area contributed by atoms with Gasteiger partial charge in [0.05, 0.1) is 0 Å². The molecule has 3 rings (SSSR count). The van der Waals surface area contributed by atoms with E-state index >= 15 is 0 Å². The molecule has 0 aliphatic carbocycles. The second-order valence-corrected chi connectivity index (χ2v) is 6.80. The molecule has 0 amide bonds. The molecular weight excluding hydrogens is 303 g/mol. The van der Waals surface area contributed by atoms with Gasteiger partial charge in [0.2, 0.25) is 0 Å². The van der Waals surface area contributed by atoms with E-state index in [0.29, 0.717) is 6.61 Å².